The monoisotopic (exact) mass is 333 g/mol. The highest BCUT2D eigenvalue weighted by molar-refractivity contribution is 5.82. The third kappa shape index (κ3) is 2.89. The molecule has 1 aromatic carbocycles. The normalized spacial score (nSPS) is 9.42. The molecule has 3 aromatic rings. The molecule has 0 bridgehead atoms. The van der Waals surface area contributed by atoms with Crippen molar-refractivity contribution in [1.29, 1.82) is 10.5 Å². The molecule has 0 atom stereocenters. The number of hydrogen-bond donors (Lipinski definition) is 1. The van der Waals surface area contributed by atoms with Gasteiger partial charge in [0.05, 0.1) is 12.4 Å². The minimum Gasteiger partial charge on any atom is -1.00 e. The maximum absolute atomic E-state index is 9.68. The standard InChI is InChI=1S/C18H12N5.ClH/c19-11-14-16(13-7-3-1-4-8-13)15(12-20)18(22-17(14)21)23-9-5-2-6-10-23;/h1-10H,(H2,21,22);1H/q+1;/p-1. The number of nitriles is 2. The van der Waals surface area contributed by atoms with Gasteiger partial charge in [0.25, 0.3) is 5.82 Å². The van der Waals surface area contributed by atoms with Gasteiger partial charge in [-0.2, -0.15) is 10.5 Å². The molecule has 5 nitrogen and oxygen atoms in total. The van der Waals surface area contributed by atoms with E-state index in [1.165, 1.54) is 0 Å². The van der Waals surface area contributed by atoms with Crippen molar-refractivity contribution < 1.29 is 17.0 Å². The average Bonchev–Trinajstić information content (AvgIpc) is 2.62. The van der Waals surface area contributed by atoms with Crippen molar-refractivity contribution in [2.24, 2.45) is 0 Å². The number of nitrogen functional groups attached to an aromatic ring is 1. The Balaban J connectivity index is 0.00000208. The number of halogens is 1. The van der Waals surface area contributed by atoms with Crippen molar-refractivity contribution >= 4 is 5.82 Å². The second-order valence-corrected chi connectivity index (χ2v) is 4.82. The average molecular weight is 334 g/mol. The van der Waals surface area contributed by atoms with E-state index in [1.54, 1.807) is 17.0 Å². The summed E-state index contributed by atoms with van der Waals surface area (Å²) in [6, 6.07) is 19.0. The first-order valence-corrected chi connectivity index (χ1v) is 6.92. The summed E-state index contributed by atoms with van der Waals surface area (Å²) in [5, 5.41) is 19.1. The van der Waals surface area contributed by atoms with Crippen LogP contribution in [0.4, 0.5) is 5.82 Å². The molecule has 6 heteroatoms. The van der Waals surface area contributed by atoms with Gasteiger partial charge in [0.2, 0.25) is 0 Å². The van der Waals surface area contributed by atoms with Crippen LogP contribution in [-0.4, -0.2) is 4.98 Å². The van der Waals surface area contributed by atoms with Crippen molar-refractivity contribution in [1.82, 2.24) is 4.98 Å². The van der Waals surface area contributed by atoms with Gasteiger partial charge in [0, 0.05) is 5.56 Å². The number of anilines is 1. The fourth-order valence-electron chi connectivity index (χ4n) is 2.43. The summed E-state index contributed by atoms with van der Waals surface area (Å²) in [6.07, 6.45) is 3.56. The molecule has 2 N–H and O–H groups in total. The van der Waals surface area contributed by atoms with Crippen LogP contribution in [0, 0.1) is 22.7 Å². The van der Waals surface area contributed by atoms with E-state index in [0.29, 0.717) is 16.9 Å². The van der Waals surface area contributed by atoms with E-state index < -0.39 is 0 Å². The highest BCUT2D eigenvalue weighted by atomic mass is 35.5. The van der Waals surface area contributed by atoms with Crippen LogP contribution in [0.15, 0.2) is 60.9 Å². The summed E-state index contributed by atoms with van der Waals surface area (Å²) in [5.74, 6) is 0.514. The summed E-state index contributed by atoms with van der Waals surface area (Å²) in [4.78, 5) is 4.27. The Morgan fingerprint density at radius 3 is 2.04 bits per heavy atom. The molecule has 24 heavy (non-hydrogen) atoms. The van der Waals surface area contributed by atoms with Crippen molar-refractivity contribution in [2.75, 3.05) is 5.73 Å². The number of aromatic nitrogens is 2. The lowest BCUT2D eigenvalue weighted by Crippen LogP contribution is -3.00. The van der Waals surface area contributed by atoms with Crippen LogP contribution in [0.5, 0.6) is 0 Å². The van der Waals surface area contributed by atoms with E-state index in [1.807, 2.05) is 48.5 Å². The molecule has 0 aliphatic rings. The summed E-state index contributed by atoms with van der Waals surface area (Å²) >= 11 is 0. The molecule has 2 aromatic heterocycles. The van der Waals surface area contributed by atoms with E-state index in [4.69, 9.17) is 5.73 Å². The Kier molecular flexibility index (Phi) is 5.11. The van der Waals surface area contributed by atoms with Crippen molar-refractivity contribution in [3.63, 3.8) is 0 Å². The number of benzene rings is 1. The number of pyridine rings is 2. The van der Waals surface area contributed by atoms with Gasteiger partial charge in [-0.1, -0.05) is 36.4 Å². The van der Waals surface area contributed by atoms with E-state index in [9.17, 15) is 10.5 Å². The Labute approximate surface area is 145 Å². The van der Waals surface area contributed by atoms with Gasteiger partial charge in [0.1, 0.15) is 17.7 Å². The Hall–Kier alpha value is -3.41. The Morgan fingerprint density at radius 1 is 0.875 bits per heavy atom. The highest BCUT2D eigenvalue weighted by Crippen LogP contribution is 2.31. The van der Waals surface area contributed by atoms with Gasteiger partial charge in [0.15, 0.2) is 5.56 Å². The summed E-state index contributed by atoms with van der Waals surface area (Å²) < 4.78 is 1.71. The van der Waals surface area contributed by atoms with Gasteiger partial charge in [-0.25, -0.2) is 4.57 Å². The molecule has 0 spiro atoms. The summed E-state index contributed by atoms with van der Waals surface area (Å²) in [6.45, 7) is 0. The number of rotatable bonds is 2. The number of hydrogen-bond acceptors (Lipinski definition) is 4. The fraction of sp³-hybridized carbons (Fsp3) is 0. The molecular weight excluding hydrogens is 322 g/mol. The molecule has 3 rings (SSSR count). The molecule has 0 fully saturated rings. The molecule has 0 unspecified atom stereocenters. The van der Waals surface area contributed by atoms with Crippen LogP contribution in [0.3, 0.4) is 0 Å². The third-order valence-electron chi connectivity index (χ3n) is 3.45. The molecular formula is C18H12ClN5. The second kappa shape index (κ2) is 7.23. The Morgan fingerprint density at radius 2 is 1.46 bits per heavy atom. The van der Waals surface area contributed by atoms with Gasteiger partial charge >= 0.3 is 5.82 Å². The minimum absolute atomic E-state index is 0. The first kappa shape index (κ1) is 17.0. The lowest BCUT2D eigenvalue weighted by atomic mass is 9.96. The van der Waals surface area contributed by atoms with E-state index in [-0.39, 0.29) is 23.8 Å². The predicted octanol–water partition coefficient (Wildman–Crippen LogP) is -0.645. The van der Waals surface area contributed by atoms with E-state index in [0.717, 1.165) is 5.56 Å². The summed E-state index contributed by atoms with van der Waals surface area (Å²) in [5.41, 5.74) is 7.77. The molecule has 0 saturated carbocycles. The largest absolute Gasteiger partial charge is 1.00 e. The molecule has 0 aliphatic heterocycles. The van der Waals surface area contributed by atoms with Crippen LogP contribution in [0.2, 0.25) is 0 Å². The smallest absolute Gasteiger partial charge is 0.348 e. The fourth-order valence-corrected chi connectivity index (χ4v) is 2.43. The van der Waals surface area contributed by atoms with Crippen molar-refractivity contribution in [3.05, 3.63) is 72.1 Å². The van der Waals surface area contributed by atoms with Crippen LogP contribution in [-0.2, 0) is 0 Å². The van der Waals surface area contributed by atoms with Crippen molar-refractivity contribution in [2.45, 2.75) is 0 Å². The lowest BCUT2D eigenvalue weighted by Gasteiger charge is -2.08. The molecule has 116 valence electrons. The second-order valence-electron chi connectivity index (χ2n) is 4.82. The predicted molar refractivity (Wildman–Crippen MR) is 85.0 cm³/mol. The highest BCUT2D eigenvalue weighted by Gasteiger charge is 2.27. The topological polar surface area (TPSA) is 90.4 Å². The number of nitrogens with zero attached hydrogens (tertiary/aromatic N) is 4. The molecule has 0 amide bonds. The summed E-state index contributed by atoms with van der Waals surface area (Å²) in [7, 11) is 0. The lowest BCUT2D eigenvalue weighted by molar-refractivity contribution is -0.599. The quantitative estimate of drug-likeness (QED) is 0.631. The zero-order chi connectivity index (χ0) is 16.2. The molecule has 0 radical (unpaired) electrons. The third-order valence-corrected chi connectivity index (χ3v) is 3.45. The zero-order valence-corrected chi connectivity index (χ0v) is 13.3. The van der Waals surface area contributed by atoms with Crippen LogP contribution in [0.25, 0.3) is 16.9 Å². The van der Waals surface area contributed by atoms with E-state index in [2.05, 4.69) is 17.1 Å². The van der Waals surface area contributed by atoms with Crippen molar-refractivity contribution in [3.8, 4) is 29.1 Å². The molecule has 0 saturated heterocycles. The first-order valence-electron chi connectivity index (χ1n) is 6.92. The van der Waals surface area contributed by atoms with Crippen LogP contribution < -0.4 is 22.7 Å². The van der Waals surface area contributed by atoms with Crippen LogP contribution in [0.1, 0.15) is 11.1 Å². The maximum atomic E-state index is 9.68. The van der Waals surface area contributed by atoms with Gasteiger partial charge in [-0.15, -0.1) is 0 Å². The minimum atomic E-state index is 0. The Bertz CT molecular complexity index is 941. The SMILES string of the molecule is N#Cc1c(N)nc(-[n+]2ccccc2)c(C#N)c1-c1ccccc1.[Cl-]. The van der Waals surface area contributed by atoms with Gasteiger partial charge in [-0.05, 0) is 22.7 Å². The van der Waals surface area contributed by atoms with E-state index >= 15 is 0 Å². The number of nitrogens with two attached hydrogens (primary N) is 1. The van der Waals surface area contributed by atoms with Crippen LogP contribution >= 0.6 is 0 Å². The molecule has 0 aliphatic carbocycles. The van der Waals surface area contributed by atoms with Gasteiger partial charge in [-0.3, -0.25) is 0 Å². The molecule has 2 heterocycles. The first-order chi connectivity index (χ1) is 11.3. The maximum Gasteiger partial charge on any atom is 0.348 e. The van der Waals surface area contributed by atoms with Gasteiger partial charge < -0.3 is 18.1 Å². The zero-order valence-electron chi connectivity index (χ0n) is 12.5.